The van der Waals surface area contributed by atoms with E-state index in [1.807, 2.05) is 24.3 Å². The van der Waals surface area contributed by atoms with Gasteiger partial charge in [0, 0.05) is 5.69 Å². The molecule has 0 saturated heterocycles. The third-order valence-corrected chi connectivity index (χ3v) is 7.91. The number of aliphatic carboxylic acids is 1. The van der Waals surface area contributed by atoms with Gasteiger partial charge in [-0.05, 0) is 71.6 Å². The Balaban J connectivity index is 1.38. The Labute approximate surface area is 235 Å². The topological polar surface area (TPSA) is 184 Å². The van der Waals surface area contributed by atoms with Gasteiger partial charge in [-0.2, -0.15) is 4.72 Å². The number of amides is 2. The molecule has 208 valence electrons. The molecule has 0 bridgehead atoms. The summed E-state index contributed by atoms with van der Waals surface area (Å²) in [5.74, 6) is -1.04. The number of benzene rings is 4. The zero-order valence-corrected chi connectivity index (χ0v) is 22.4. The van der Waals surface area contributed by atoms with Crippen molar-refractivity contribution < 1.29 is 23.1 Å². The number of primary amides is 1. The van der Waals surface area contributed by atoms with E-state index in [9.17, 15) is 23.1 Å². The molecule has 7 N–H and O–H groups in total. The van der Waals surface area contributed by atoms with Crippen LogP contribution < -0.4 is 21.1 Å². The molecule has 0 aliphatic carbocycles. The largest absolute Gasteiger partial charge is 0.480 e. The highest BCUT2D eigenvalue weighted by molar-refractivity contribution is 7.89. The zero-order chi connectivity index (χ0) is 29.1. The van der Waals surface area contributed by atoms with Gasteiger partial charge in [0.15, 0.2) is 0 Å². The first-order valence-corrected chi connectivity index (χ1v) is 13.9. The molecule has 1 aromatic heterocycles. The second-order valence-corrected chi connectivity index (χ2v) is 11.0. The maximum atomic E-state index is 13.0. The fraction of sp³-hybridized carbons (Fsp3) is 0.0690. The molecule has 1 atom stereocenters. The van der Waals surface area contributed by atoms with Crippen LogP contribution in [0.3, 0.4) is 0 Å². The number of carboxylic acids is 1. The van der Waals surface area contributed by atoms with Crippen molar-refractivity contribution >= 4 is 50.4 Å². The minimum absolute atomic E-state index is 0.0543. The molecule has 0 aliphatic rings. The van der Waals surface area contributed by atoms with E-state index in [0.717, 1.165) is 5.52 Å². The van der Waals surface area contributed by atoms with Crippen LogP contribution in [0.5, 0.6) is 0 Å². The molecule has 0 aliphatic heterocycles. The van der Waals surface area contributed by atoms with E-state index in [1.165, 1.54) is 17.0 Å². The van der Waals surface area contributed by atoms with E-state index in [2.05, 4.69) is 14.7 Å². The van der Waals surface area contributed by atoms with Gasteiger partial charge >= 0.3 is 12.0 Å². The highest BCUT2D eigenvalue weighted by Crippen LogP contribution is 2.30. The number of aromatic nitrogens is 2. The fourth-order valence-electron chi connectivity index (χ4n) is 4.37. The molecule has 4 aromatic carbocycles. The summed E-state index contributed by atoms with van der Waals surface area (Å²) in [5.41, 5.74) is 15.7. The maximum Gasteiger partial charge on any atom is 0.326 e. The van der Waals surface area contributed by atoms with Crippen molar-refractivity contribution in [3.05, 3.63) is 103 Å². The number of imidazole rings is 1. The van der Waals surface area contributed by atoms with Crippen molar-refractivity contribution in [2.75, 3.05) is 10.6 Å². The normalized spacial score (nSPS) is 12.2. The number of fused-ring (bicyclic) bond motifs is 1. The molecule has 12 heteroatoms. The van der Waals surface area contributed by atoms with Gasteiger partial charge in [-0.15, -0.1) is 0 Å². The number of rotatable bonds is 9. The van der Waals surface area contributed by atoms with Crippen molar-refractivity contribution in [1.82, 2.24) is 14.7 Å². The Bertz CT molecular complexity index is 1800. The van der Waals surface area contributed by atoms with Crippen LogP contribution in [0.2, 0.25) is 0 Å². The fourth-order valence-corrected chi connectivity index (χ4v) is 5.56. The maximum absolute atomic E-state index is 13.0. The number of carbonyl (C=O) groups is 2. The number of hydrogen-bond donors (Lipinski definition) is 5. The van der Waals surface area contributed by atoms with Crippen molar-refractivity contribution in [2.45, 2.75) is 17.4 Å². The van der Waals surface area contributed by atoms with Crippen LogP contribution in [-0.4, -0.2) is 41.5 Å². The average molecular weight is 571 g/mol. The van der Waals surface area contributed by atoms with E-state index in [1.54, 1.807) is 60.7 Å². The van der Waals surface area contributed by atoms with E-state index >= 15 is 0 Å². The predicted molar refractivity (Wildman–Crippen MR) is 156 cm³/mol. The second kappa shape index (κ2) is 11.1. The molecule has 1 unspecified atom stereocenters. The molecule has 0 radical (unpaired) electrons. The molecule has 5 rings (SSSR count). The van der Waals surface area contributed by atoms with Crippen molar-refractivity contribution in [2.24, 2.45) is 5.73 Å². The van der Waals surface area contributed by atoms with Gasteiger partial charge in [-0.3, -0.25) is 4.79 Å². The Morgan fingerprint density at radius 2 is 1.63 bits per heavy atom. The van der Waals surface area contributed by atoms with Crippen LogP contribution in [0, 0.1) is 0 Å². The van der Waals surface area contributed by atoms with Crippen LogP contribution in [0.1, 0.15) is 5.56 Å². The molecule has 2 amide bonds. The summed E-state index contributed by atoms with van der Waals surface area (Å²) < 4.78 is 28.3. The summed E-state index contributed by atoms with van der Waals surface area (Å²) in [6.45, 7) is 0. The van der Waals surface area contributed by atoms with Crippen LogP contribution >= 0.6 is 0 Å². The Hall–Kier alpha value is -5.20. The molecule has 11 nitrogen and oxygen atoms in total. The SMILES string of the molecule is NC(=O)N(c1cccc(-c2ccc(S(=O)(=O)NC(Cc3ccc(N)cc3)C(=O)O)cc2)c1)c1nc2ccccc2[nH]1. The minimum atomic E-state index is -4.15. The van der Waals surface area contributed by atoms with Gasteiger partial charge in [0.2, 0.25) is 16.0 Å². The van der Waals surface area contributed by atoms with Crippen LogP contribution in [0.4, 0.5) is 22.1 Å². The van der Waals surface area contributed by atoms with E-state index in [4.69, 9.17) is 11.5 Å². The quantitative estimate of drug-likeness (QED) is 0.166. The van der Waals surface area contributed by atoms with Crippen molar-refractivity contribution in [3.8, 4) is 11.1 Å². The molecular formula is C29H26N6O5S. The first-order chi connectivity index (χ1) is 19.6. The summed E-state index contributed by atoms with van der Waals surface area (Å²) >= 11 is 0. The molecular weight excluding hydrogens is 544 g/mol. The number of para-hydroxylation sites is 2. The molecule has 41 heavy (non-hydrogen) atoms. The smallest absolute Gasteiger partial charge is 0.326 e. The van der Waals surface area contributed by atoms with Crippen LogP contribution in [-0.2, 0) is 21.2 Å². The summed E-state index contributed by atoms with van der Waals surface area (Å²) in [5, 5.41) is 9.63. The number of nitrogens with one attached hydrogen (secondary N) is 2. The van der Waals surface area contributed by atoms with Gasteiger partial charge in [-0.1, -0.05) is 48.5 Å². The number of anilines is 3. The van der Waals surface area contributed by atoms with Crippen molar-refractivity contribution in [3.63, 3.8) is 0 Å². The highest BCUT2D eigenvalue weighted by Gasteiger charge is 2.26. The lowest BCUT2D eigenvalue weighted by Crippen LogP contribution is -2.42. The Morgan fingerprint density at radius 3 is 2.29 bits per heavy atom. The molecule has 1 heterocycles. The lowest BCUT2D eigenvalue weighted by atomic mass is 10.1. The number of nitrogen functional groups attached to an aromatic ring is 1. The number of H-pyrrole nitrogens is 1. The molecule has 0 spiro atoms. The number of nitrogens with zero attached hydrogens (tertiary/aromatic N) is 2. The number of urea groups is 1. The molecule has 0 saturated carbocycles. The number of hydrogen-bond acceptors (Lipinski definition) is 6. The number of nitrogens with two attached hydrogens (primary N) is 2. The Morgan fingerprint density at radius 1 is 0.927 bits per heavy atom. The monoisotopic (exact) mass is 570 g/mol. The lowest BCUT2D eigenvalue weighted by molar-refractivity contribution is -0.138. The van der Waals surface area contributed by atoms with E-state index < -0.39 is 28.1 Å². The second-order valence-electron chi connectivity index (χ2n) is 9.28. The van der Waals surface area contributed by atoms with Gasteiger partial charge in [-0.25, -0.2) is 23.1 Å². The van der Waals surface area contributed by atoms with Gasteiger partial charge in [0.1, 0.15) is 6.04 Å². The zero-order valence-electron chi connectivity index (χ0n) is 21.6. The number of sulfonamides is 1. The number of aromatic amines is 1. The van der Waals surface area contributed by atoms with E-state index in [0.29, 0.717) is 33.6 Å². The third kappa shape index (κ3) is 6.03. The third-order valence-electron chi connectivity index (χ3n) is 6.43. The summed E-state index contributed by atoms with van der Waals surface area (Å²) in [7, 11) is -4.15. The van der Waals surface area contributed by atoms with Gasteiger partial charge in [0.25, 0.3) is 0 Å². The average Bonchev–Trinajstić information content (AvgIpc) is 3.37. The van der Waals surface area contributed by atoms with Gasteiger partial charge < -0.3 is 21.6 Å². The van der Waals surface area contributed by atoms with Gasteiger partial charge in [0.05, 0.1) is 21.6 Å². The summed E-state index contributed by atoms with van der Waals surface area (Å²) in [4.78, 5) is 32.9. The lowest BCUT2D eigenvalue weighted by Gasteiger charge is -2.18. The molecule has 5 aromatic rings. The minimum Gasteiger partial charge on any atom is -0.480 e. The van der Waals surface area contributed by atoms with Crippen LogP contribution in [0.25, 0.3) is 22.2 Å². The van der Waals surface area contributed by atoms with Crippen LogP contribution in [0.15, 0.2) is 102 Å². The molecule has 0 fully saturated rings. The first-order valence-electron chi connectivity index (χ1n) is 12.4. The number of carboxylic acid groups (broad SMARTS) is 1. The Kier molecular flexibility index (Phi) is 7.42. The summed E-state index contributed by atoms with van der Waals surface area (Å²) in [6.07, 6.45) is -0.0543. The standard InChI is InChI=1S/C29H26N6O5S/c30-21-12-8-18(9-13-21)16-26(27(36)37)34-41(39,40)23-14-10-19(11-15-23)20-4-3-5-22(17-20)35(28(31)38)29-32-24-6-1-2-7-25(24)33-29/h1-15,17,26,34H,16,30H2,(H2,31,38)(H,32,33)(H,36,37). The number of carbonyl (C=O) groups excluding carboxylic acids is 1. The predicted octanol–water partition coefficient (Wildman–Crippen LogP) is 4.00. The van der Waals surface area contributed by atoms with Crippen molar-refractivity contribution in [1.29, 1.82) is 0 Å². The highest BCUT2D eigenvalue weighted by atomic mass is 32.2. The first kappa shape index (κ1) is 27.4. The van der Waals surface area contributed by atoms with E-state index in [-0.39, 0.29) is 17.3 Å². The summed E-state index contributed by atoms with van der Waals surface area (Å²) in [6, 6.07) is 24.7.